The lowest BCUT2D eigenvalue weighted by atomic mass is 9.95. The standard InChI is InChI=1S/C25H16ClN3O5S/c1-13-2-11-18-19(12-13)35-25(27-18)28-21(14-5-9-17(10-6-14)29(33)34)20(23(31)24(28)32)22(30)15-3-7-16(26)8-4-15/h2-12,21,30H,1H3. The Balaban J connectivity index is 1.72. The molecule has 8 nitrogen and oxygen atoms in total. The molecule has 1 unspecified atom stereocenters. The Morgan fingerprint density at radius 3 is 2.43 bits per heavy atom. The predicted octanol–water partition coefficient (Wildman–Crippen LogP) is 5.79. The van der Waals surface area contributed by atoms with Crippen LogP contribution in [0, 0.1) is 17.0 Å². The number of hydrogen-bond acceptors (Lipinski definition) is 7. The van der Waals surface area contributed by atoms with E-state index in [0.29, 0.717) is 21.7 Å². The summed E-state index contributed by atoms with van der Waals surface area (Å²) >= 11 is 7.20. The molecule has 0 aliphatic carbocycles. The Labute approximate surface area is 207 Å². The van der Waals surface area contributed by atoms with Gasteiger partial charge in [0, 0.05) is 22.7 Å². The number of carbonyl (C=O) groups is 2. The number of hydrogen-bond donors (Lipinski definition) is 1. The third-order valence-electron chi connectivity index (χ3n) is 5.72. The molecule has 1 amide bonds. The zero-order valence-corrected chi connectivity index (χ0v) is 19.7. The van der Waals surface area contributed by atoms with E-state index in [4.69, 9.17) is 11.6 Å². The van der Waals surface area contributed by atoms with Gasteiger partial charge in [-0.25, -0.2) is 4.98 Å². The topological polar surface area (TPSA) is 114 Å². The molecule has 1 aliphatic heterocycles. The van der Waals surface area contributed by atoms with Crippen LogP contribution in [0.5, 0.6) is 0 Å². The van der Waals surface area contributed by atoms with E-state index in [2.05, 4.69) is 4.98 Å². The highest BCUT2D eigenvalue weighted by molar-refractivity contribution is 7.22. The average Bonchev–Trinajstić information content (AvgIpc) is 3.37. The molecule has 0 bridgehead atoms. The van der Waals surface area contributed by atoms with Crippen LogP contribution < -0.4 is 4.90 Å². The second-order valence-corrected chi connectivity index (χ2v) is 9.44. The SMILES string of the molecule is Cc1ccc2nc(N3C(=O)C(=O)C(=C(O)c4ccc(Cl)cc4)C3c3ccc([N+](=O)[O-])cc3)sc2c1. The summed E-state index contributed by atoms with van der Waals surface area (Å²) < 4.78 is 0.835. The summed E-state index contributed by atoms with van der Waals surface area (Å²) in [6.07, 6.45) is 0. The number of ketones is 1. The van der Waals surface area contributed by atoms with Crippen LogP contribution in [0.15, 0.2) is 72.3 Å². The largest absolute Gasteiger partial charge is 0.507 e. The zero-order chi connectivity index (χ0) is 24.9. The van der Waals surface area contributed by atoms with E-state index in [-0.39, 0.29) is 22.2 Å². The first-order valence-corrected chi connectivity index (χ1v) is 11.6. The summed E-state index contributed by atoms with van der Waals surface area (Å²) in [4.78, 5) is 42.9. The van der Waals surface area contributed by atoms with Gasteiger partial charge in [-0.05, 0) is 66.6 Å². The lowest BCUT2D eigenvalue weighted by Gasteiger charge is -2.22. The van der Waals surface area contributed by atoms with E-state index in [1.54, 1.807) is 24.3 Å². The van der Waals surface area contributed by atoms with Gasteiger partial charge in [0.1, 0.15) is 5.76 Å². The number of aliphatic hydroxyl groups excluding tert-OH is 1. The fourth-order valence-electron chi connectivity index (χ4n) is 4.01. The fraction of sp³-hybridized carbons (Fsp3) is 0.0800. The Morgan fingerprint density at radius 1 is 1.09 bits per heavy atom. The summed E-state index contributed by atoms with van der Waals surface area (Å²) in [7, 11) is 0. The van der Waals surface area contributed by atoms with E-state index in [0.717, 1.165) is 10.3 Å². The molecule has 1 aromatic heterocycles. The molecule has 1 N–H and O–H groups in total. The van der Waals surface area contributed by atoms with Crippen molar-refractivity contribution in [1.29, 1.82) is 0 Å². The number of carbonyl (C=O) groups excluding carboxylic acids is 2. The molecule has 0 spiro atoms. The Hall–Kier alpha value is -4.08. The number of amides is 1. The van der Waals surface area contributed by atoms with E-state index >= 15 is 0 Å². The number of aliphatic hydroxyl groups is 1. The number of Topliss-reactive ketones (excluding diaryl/α,β-unsaturated/α-hetero) is 1. The van der Waals surface area contributed by atoms with Gasteiger partial charge in [0.25, 0.3) is 11.5 Å². The van der Waals surface area contributed by atoms with E-state index in [1.165, 1.54) is 40.5 Å². The first kappa shape index (κ1) is 22.7. The van der Waals surface area contributed by atoms with Crippen molar-refractivity contribution in [1.82, 2.24) is 4.98 Å². The maximum Gasteiger partial charge on any atom is 0.301 e. The van der Waals surface area contributed by atoms with Crippen LogP contribution in [0.2, 0.25) is 5.02 Å². The van der Waals surface area contributed by atoms with E-state index in [1.807, 2.05) is 25.1 Å². The summed E-state index contributed by atoms with van der Waals surface area (Å²) in [6.45, 7) is 1.94. The molecular formula is C25H16ClN3O5S. The van der Waals surface area contributed by atoms with Gasteiger partial charge in [-0.3, -0.25) is 24.6 Å². The van der Waals surface area contributed by atoms with Gasteiger partial charge < -0.3 is 5.11 Å². The lowest BCUT2D eigenvalue weighted by molar-refractivity contribution is -0.384. The van der Waals surface area contributed by atoms with Gasteiger partial charge in [-0.2, -0.15) is 0 Å². The zero-order valence-electron chi connectivity index (χ0n) is 18.1. The van der Waals surface area contributed by atoms with Crippen LogP contribution >= 0.6 is 22.9 Å². The number of nitro groups is 1. The highest BCUT2D eigenvalue weighted by Crippen LogP contribution is 2.44. The predicted molar refractivity (Wildman–Crippen MR) is 134 cm³/mol. The number of nitro benzene ring substituents is 1. The Kier molecular flexibility index (Phi) is 5.58. The van der Waals surface area contributed by atoms with Crippen LogP contribution in [0.4, 0.5) is 10.8 Å². The minimum absolute atomic E-state index is 0.137. The number of halogens is 1. The van der Waals surface area contributed by atoms with Crippen molar-refractivity contribution in [3.63, 3.8) is 0 Å². The molecule has 1 aliphatic rings. The third kappa shape index (κ3) is 3.94. The molecule has 35 heavy (non-hydrogen) atoms. The first-order chi connectivity index (χ1) is 16.7. The monoisotopic (exact) mass is 505 g/mol. The molecule has 1 saturated heterocycles. The van der Waals surface area contributed by atoms with E-state index in [9.17, 15) is 24.8 Å². The molecule has 0 radical (unpaired) electrons. The molecule has 10 heteroatoms. The molecule has 1 atom stereocenters. The minimum atomic E-state index is -1.03. The van der Waals surface area contributed by atoms with E-state index < -0.39 is 22.7 Å². The number of thiazole rings is 1. The molecule has 5 rings (SSSR count). The number of non-ortho nitro benzene ring substituents is 1. The molecule has 4 aromatic rings. The average molecular weight is 506 g/mol. The number of benzene rings is 3. The van der Waals surface area contributed by atoms with Crippen molar-refractivity contribution in [2.45, 2.75) is 13.0 Å². The van der Waals surface area contributed by atoms with Crippen molar-refractivity contribution >= 4 is 61.4 Å². The maximum absolute atomic E-state index is 13.3. The normalized spacial score (nSPS) is 17.3. The van der Waals surface area contributed by atoms with Gasteiger partial charge in [-0.15, -0.1) is 0 Å². The summed E-state index contributed by atoms with van der Waals surface area (Å²) in [5.41, 5.74) is 2.13. The number of anilines is 1. The summed E-state index contributed by atoms with van der Waals surface area (Å²) in [6, 6.07) is 16.3. The fourth-order valence-corrected chi connectivity index (χ4v) is 5.23. The number of fused-ring (bicyclic) bond motifs is 1. The first-order valence-electron chi connectivity index (χ1n) is 10.4. The van der Waals surface area contributed by atoms with Crippen LogP contribution in [0.25, 0.3) is 16.0 Å². The number of rotatable bonds is 4. The van der Waals surface area contributed by atoms with Crippen molar-refractivity contribution in [2.75, 3.05) is 4.90 Å². The molecule has 174 valence electrons. The highest BCUT2D eigenvalue weighted by Gasteiger charge is 2.48. The maximum atomic E-state index is 13.3. The quantitative estimate of drug-likeness (QED) is 0.123. The second kappa shape index (κ2) is 8.61. The minimum Gasteiger partial charge on any atom is -0.507 e. The lowest BCUT2D eigenvalue weighted by Crippen LogP contribution is -2.29. The second-order valence-electron chi connectivity index (χ2n) is 7.99. The van der Waals surface area contributed by atoms with Gasteiger partial charge in [0.15, 0.2) is 5.13 Å². The Morgan fingerprint density at radius 2 is 1.77 bits per heavy atom. The van der Waals surface area contributed by atoms with Crippen LogP contribution in [0.3, 0.4) is 0 Å². The highest BCUT2D eigenvalue weighted by atomic mass is 35.5. The van der Waals surface area contributed by atoms with Gasteiger partial charge >= 0.3 is 5.91 Å². The molecule has 2 heterocycles. The van der Waals surface area contributed by atoms with Crippen molar-refractivity contribution < 1.29 is 19.6 Å². The molecule has 0 saturated carbocycles. The van der Waals surface area contributed by atoms with Crippen molar-refractivity contribution in [3.05, 3.63) is 104 Å². The van der Waals surface area contributed by atoms with Gasteiger partial charge in [-0.1, -0.05) is 29.0 Å². The van der Waals surface area contributed by atoms with Crippen molar-refractivity contribution in [2.24, 2.45) is 0 Å². The van der Waals surface area contributed by atoms with Crippen molar-refractivity contribution in [3.8, 4) is 0 Å². The van der Waals surface area contributed by atoms with Crippen LogP contribution in [-0.4, -0.2) is 26.7 Å². The Bertz CT molecular complexity index is 1540. The van der Waals surface area contributed by atoms with Crippen LogP contribution in [-0.2, 0) is 9.59 Å². The molecular weight excluding hydrogens is 490 g/mol. The molecule has 3 aromatic carbocycles. The number of nitrogens with zero attached hydrogens (tertiary/aromatic N) is 3. The van der Waals surface area contributed by atoms with Gasteiger partial charge in [0.2, 0.25) is 0 Å². The summed E-state index contributed by atoms with van der Waals surface area (Å²) in [5.74, 6) is -2.10. The van der Waals surface area contributed by atoms with Gasteiger partial charge in [0.05, 0.1) is 26.8 Å². The summed E-state index contributed by atoms with van der Waals surface area (Å²) in [5, 5.41) is 23.0. The molecule has 1 fully saturated rings. The number of aryl methyl sites for hydroxylation is 1. The smallest absolute Gasteiger partial charge is 0.301 e. The third-order valence-corrected chi connectivity index (χ3v) is 6.99. The van der Waals surface area contributed by atoms with Crippen LogP contribution in [0.1, 0.15) is 22.7 Å². The number of aromatic nitrogens is 1.